The number of rotatable bonds is 3. The van der Waals surface area contributed by atoms with Crippen molar-refractivity contribution < 1.29 is 18.9 Å². The Labute approximate surface area is 115 Å². The van der Waals surface area contributed by atoms with E-state index in [4.69, 9.17) is 16.0 Å². The lowest BCUT2D eigenvalue weighted by molar-refractivity contribution is -0.116. The van der Waals surface area contributed by atoms with Gasteiger partial charge in [-0.15, -0.1) is 0 Å². The molecule has 1 fully saturated rings. The van der Waals surface area contributed by atoms with Crippen LogP contribution >= 0.6 is 17.7 Å². The van der Waals surface area contributed by atoms with Crippen molar-refractivity contribution in [2.24, 2.45) is 0 Å². The summed E-state index contributed by atoms with van der Waals surface area (Å²) in [6, 6.07) is 9.16. The number of hydrogen-bond acceptors (Lipinski definition) is 4. The average Bonchev–Trinajstić information content (AvgIpc) is 2.61. The Kier molecular flexibility index (Phi) is 4.27. The summed E-state index contributed by atoms with van der Waals surface area (Å²) in [5, 5.41) is 2.39. The minimum atomic E-state index is -3.15. The second kappa shape index (κ2) is 5.76. The smallest absolute Gasteiger partial charge is 0.408 e. The molecule has 1 aliphatic rings. The van der Waals surface area contributed by atoms with Gasteiger partial charge in [-0.05, 0) is 5.56 Å². The van der Waals surface area contributed by atoms with E-state index in [9.17, 15) is 14.2 Å². The zero-order valence-corrected chi connectivity index (χ0v) is 11.7. The second-order valence-electron chi connectivity index (χ2n) is 4.33. The maximum Gasteiger partial charge on any atom is 0.408 e. The molecule has 1 aromatic rings. The van der Waals surface area contributed by atoms with Gasteiger partial charge in [-0.25, -0.2) is 4.79 Å². The van der Waals surface area contributed by atoms with Crippen molar-refractivity contribution in [2.45, 2.75) is 18.8 Å². The quantitative estimate of drug-likeness (QED) is 0.871. The Hall–Kier alpha value is -1.32. The van der Waals surface area contributed by atoms with Gasteiger partial charge in [-0.1, -0.05) is 41.6 Å². The first kappa shape index (κ1) is 14.1. The number of amides is 1. The highest BCUT2D eigenvalue weighted by Crippen LogP contribution is 2.59. The number of nitrogens with one attached hydrogen (secondary N) is 1. The van der Waals surface area contributed by atoms with Crippen molar-refractivity contribution in [1.29, 1.82) is 0 Å². The van der Waals surface area contributed by atoms with Gasteiger partial charge in [-0.3, -0.25) is 4.79 Å². The molecular formula is C12H13ClNO4P. The van der Waals surface area contributed by atoms with Crippen LogP contribution in [0.2, 0.25) is 0 Å². The largest absolute Gasteiger partial charge is 0.445 e. The van der Waals surface area contributed by atoms with E-state index in [-0.39, 0.29) is 25.0 Å². The van der Waals surface area contributed by atoms with Crippen LogP contribution in [0.5, 0.6) is 0 Å². The molecule has 7 heteroatoms. The Morgan fingerprint density at radius 3 is 2.68 bits per heavy atom. The number of halogens is 1. The van der Waals surface area contributed by atoms with Crippen LogP contribution in [-0.4, -0.2) is 23.8 Å². The fourth-order valence-corrected chi connectivity index (χ4v) is 4.17. The lowest BCUT2D eigenvalue weighted by Gasteiger charge is -2.15. The SMILES string of the molecule is O=C1CC(NC(=O)OCc2ccccc2)P(=O)(Cl)C1. The van der Waals surface area contributed by atoms with Gasteiger partial charge in [-0.2, -0.15) is 0 Å². The number of ether oxygens (including phenoxy) is 1. The third kappa shape index (κ3) is 3.82. The molecule has 1 heterocycles. The molecule has 0 bridgehead atoms. The maximum atomic E-state index is 11.8. The van der Waals surface area contributed by atoms with Gasteiger partial charge in [0.1, 0.15) is 18.2 Å². The summed E-state index contributed by atoms with van der Waals surface area (Å²) >= 11 is 5.75. The fraction of sp³-hybridized carbons (Fsp3) is 0.333. The molecule has 1 saturated heterocycles. The minimum absolute atomic E-state index is 0.00121. The van der Waals surface area contributed by atoms with Gasteiger partial charge < -0.3 is 14.6 Å². The highest BCUT2D eigenvalue weighted by atomic mass is 35.7. The van der Waals surface area contributed by atoms with Crippen molar-refractivity contribution in [3.63, 3.8) is 0 Å². The summed E-state index contributed by atoms with van der Waals surface area (Å²) in [5.74, 6) is -1.02. The van der Waals surface area contributed by atoms with E-state index in [2.05, 4.69) is 5.32 Å². The molecule has 0 aliphatic carbocycles. The van der Waals surface area contributed by atoms with E-state index in [1.165, 1.54) is 0 Å². The number of benzene rings is 1. The number of carbonyl (C=O) groups excluding carboxylic acids is 2. The monoisotopic (exact) mass is 301 g/mol. The maximum absolute atomic E-state index is 11.8. The van der Waals surface area contributed by atoms with E-state index >= 15 is 0 Å². The van der Waals surface area contributed by atoms with Crippen LogP contribution < -0.4 is 5.32 Å². The predicted octanol–water partition coefficient (Wildman–Crippen LogP) is 2.73. The summed E-state index contributed by atoms with van der Waals surface area (Å²) in [4.78, 5) is 22.7. The average molecular weight is 302 g/mol. The van der Waals surface area contributed by atoms with Crippen LogP contribution in [-0.2, 0) is 20.7 Å². The van der Waals surface area contributed by atoms with E-state index in [1.54, 1.807) is 0 Å². The van der Waals surface area contributed by atoms with Crippen molar-refractivity contribution in [3.8, 4) is 0 Å². The lowest BCUT2D eigenvalue weighted by atomic mass is 10.2. The lowest BCUT2D eigenvalue weighted by Crippen LogP contribution is -2.32. The highest BCUT2D eigenvalue weighted by Gasteiger charge is 2.42. The normalized spacial score (nSPS) is 26.2. The molecule has 5 nitrogen and oxygen atoms in total. The first-order chi connectivity index (χ1) is 8.97. The molecule has 1 aliphatic heterocycles. The summed E-state index contributed by atoms with van der Waals surface area (Å²) in [5.41, 5.74) is 0.842. The van der Waals surface area contributed by atoms with Gasteiger partial charge in [0, 0.05) is 6.42 Å². The Bertz CT molecular complexity index is 534. The molecule has 2 atom stereocenters. The van der Waals surface area contributed by atoms with E-state index < -0.39 is 18.4 Å². The summed E-state index contributed by atoms with van der Waals surface area (Å²) in [6.07, 6.45) is -0.885. The van der Waals surface area contributed by atoms with Crippen LogP contribution in [0.25, 0.3) is 0 Å². The molecule has 0 aromatic heterocycles. The molecular weight excluding hydrogens is 289 g/mol. The van der Waals surface area contributed by atoms with Crippen molar-refractivity contribution in [3.05, 3.63) is 35.9 Å². The summed E-state index contributed by atoms with van der Waals surface area (Å²) < 4.78 is 16.8. The summed E-state index contributed by atoms with van der Waals surface area (Å²) in [7, 11) is 0. The molecule has 1 N–H and O–H groups in total. The molecule has 2 rings (SSSR count). The number of hydrogen-bond donors (Lipinski definition) is 1. The highest BCUT2D eigenvalue weighted by molar-refractivity contribution is 7.90. The zero-order chi connectivity index (χ0) is 13.9. The van der Waals surface area contributed by atoms with Crippen molar-refractivity contribution in [2.75, 3.05) is 6.16 Å². The molecule has 0 spiro atoms. The van der Waals surface area contributed by atoms with E-state index in [0.29, 0.717) is 0 Å². The molecule has 2 unspecified atom stereocenters. The third-order valence-electron chi connectivity index (χ3n) is 2.78. The molecule has 102 valence electrons. The van der Waals surface area contributed by atoms with Gasteiger partial charge in [0.05, 0.1) is 6.16 Å². The van der Waals surface area contributed by atoms with Crippen LogP contribution in [0.15, 0.2) is 30.3 Å². The van der Waals surface area contributed by atoms with E-state index in [0.717, 1.165) is 5.56 Å². The number of alkyl carbamates (subject to hydrolysis) is 1. The summed E-state index contributed by atoms with van der Waals surface area (Å²) in [6.45, 7) is -3.04. The number of Topliss-reactive ketones (excluding diaryl/α,β-unsaturated/α-hetero) is 1. The van der Waals surface area contributed by atoms with Crippen LogP contribution in [0.1, 0.15) is 12.0 Å². The van der Waals surface area contributed by atoms with Crippen LogP contribution in [0.3, 0.4) is 0 Å². The predicted molar refractivity (Wildman–Crippen MR) is 71.5 cm³/mol. The Balaban J connectivity index is 1.85. The van der Waals surface area contributed by atoms with Gasteiger partial charge >= 0.3 is 6.09 Å². The van der Waals surface area contributed by atoms with Gasteiger partial charge in [0.25, 0.3) is 0 Å². The first-order valence-electron chi connectivity index (χ1n) is 5.75. The standard InChI is InChI=1S/C12H13ClNO4P/c13-19(17)8-10(15)6-11(19)14-12(16)18-7-9-4-2-1-3-5-9/h1-5,11H,6-8H2,(H,14,16). The van der Waals surface area contributed by atoms with Crippen molar-refractivity contribution in [1.82, 2.24) is 5.32 Å². The molecule has 0 radical (unpaired) electrons. The zero-order valence-electron chi connectivity index (χ0n) is 10.0. The molecule has 1 aromatic carbocycles. The number of ketones is 1. The first-order valence-corrected chi connectivity index (χ1v) is 8.61. The topological polar surface area (TPSA) is 72.5 Å². The van der Waals surface area contributed by atoms with E-state index in [1.807, 2.05) is 30.3 Å². The van der Waals surface area contributed by atoms with Gasteiger partial charge in [0.2, 0.25) is 0 Å². The Morgan fingerprint density at radius 1 is 1.42 bits per heavy atom. The van der Waals surface area contributed by atoms with Crippen LogP contribution in [0.4, 0.5) is 4.79 Å². The molecule has 0 saturated carbocycles. The molecule has 1 amide bonds. The number of carbonyl (C=O) groups is 2. The van der Waals surface area contributed by atoms with Crippen LogP contribution in [0, 0.1) is 0 Å². The van der Waals surface area contributed by atoms with Gasteiger partial charge in [0.15, 0.2) is 6.49 Å². The van der Waals surface area contributed by atoms with Crippen molar-refractivity contribution >= 4 is 29.6 Å². The second-order valence-corrected chi connectivity index (χ2v) is 8.39. The fourth-order valence-electron chi connectivity index (χ4n) is 1.82. The molecule has 19 heavy (non-hydrogen) atoms. The third-order valence-corrected chi connectivity index (χ3v) is 5.87. The minimum Gasteiger partial charge on any atom is -0.445 e. The Morgan fingerprint density at radius 2 is 2.11 bits per heavy atom.